The number of hydrogen-bond donors (Lipinski definition) is 2. The minimum absolute atomic E-state index is 0. The van der Waals surface area contributed by atoms with Crippen molar-refractivity contribution < 1.29 is 8.42 Å². The van der Waals surface area contributed by atoms with Gasteiger partial charge in [0, 0.05) is 28.2 Å². The fraction of sp³-hybridized carbons (Fsp3) is 0.105. The Morgan fingerprint density at radius 1 is 0.933 bits per heavy atom. The molecule has 0 radical (unpaired) electrons. The van der Waals surface area contributed by atoms with Gasteiger partial charge < -0.3 is 5.32 Å². The van der Waals surface area contributed by atoms with Crippen LogP contribution in [-0.2, 0) is 10.0 Å². The van der Waals surface area contributed by atoms with Crippen LogP contribution in [0.15, 0.2) is 59.5 Å². The Kier molecular flexibility index (Phi) is 6.16. The maximum Gasteiger partial charge on any atom is 0.261 e. The van der Waals surface area contributed by atoms with Crippen molar-refractivity contribution in [3.8, 4) is 0 Å². The fourth-order valence-corrected chi connectivity index (χ4v) is 3.96. The van der Waals surface area contributed by atoms with Gasteiger partial charge in [0.1, 0.15) is 11.6 Å². The van der Waals surface area contributed by atoms with E-state index in [-0.39, 0.29) is 17.3 Å². The third-order valence-corrected chi connectivity index (χ3v) is 5.73. The number of aryl methyl sites for hydroxylation is 2. The number of halogens is 2. The molecule has 4 rings (SSSR count). The van der Waals surface area contributed by atoms with Crippen molar-refractivity contribution in [2.45, 2.75) is 18.7 Å². The first-order chi connectivity index (χ1) is 13.8. The van der Waals surface area contributed by atoms with E-state index in [1.165, 1.54) is 12.1 Å². The van der Waals surface area contributed by atoms with Crippen LogP contribution in [0.5, 0.6) is 0 Å². The summed E-state index contributed by atoms with van der Waals surface area (Å²) in [5.41, 5.74) is 1.93. The molecule has 0 aliphatic heterocycles. The normalized spacial score (nSPS) is 11.2. The zero-order chi connectivity index (χ0) is 20.6. The molecule has 156 valence electrons. The van der Waals surface area contributed by atoms with Crippen molar-refractivity contribution in [2.75, 3.05) is 10.0 Å². The Bertz CT molecular complexity index is 1290. The lowest BCUT2D eigenvalue weighted by molar-refractivity contribution is 0.601. The van der Waals surface area contributed by atoms with Gasteiger partial charge in [-0.15, -0.1) is 17.5 Å². The van der Waals surface area contributed by atoms with Gasteiger partial charge in [-0.3, -0.25) is 4.72 Å². The molecule has 0 aliphatic rings. The molecule has 0 aliphatic carbocycles. The average Bonchev–Trinajstić information content (AvgIpc) is 3.04. The number of fused-ring (bicyclic) bond motifs is 1. The molecule has 11 heteroatoms. The summed E-state index contributed by atoms with van der Waals surface area (Å²) in [7, 11) is -3.71. The quantitative estimate of drug-likeness (QED) is 0.454. The van der Waals surface area contributed by atoms with Crippen LogP contribution in [0.1, 0.15) is 11.5 Å². The number of nitrogens with zero attached hydrogens (tertiary/aromatic N) is 4. The number of hydrogen-bond acceptors (Lipinski definition) is 6. The predicted octanol–water partition coefficient (Wildman–Crippen LogP) is 4.36. The van der Waals surface area contributed by atoms with E-state index in [2.05, 4.69) is 25.1 Å². The molecule has 0 unspecified atom stereocenters. The predicted molar refractivity (Wildman–Crippen MR) is 119 cm³/mol. The molecule has 0 bridgehead atoms. The van der Waals surface area contributed by atoms with Gasteiger partial charge in [-0.25, -0.2) is 13.4 Å². The van der Waals surface area contributed by atoms with E-state index >= 15 is 0 Å². The van der Waals surface area contributed by atoms with E-state index in [1.807, 2.05) is 13.0 Å². The van der Waals surface area contributed by atoms with Gasteiger partial charge in [-0.05, 0) is 62.4 Å². The Hall–Kier alpha value is -2.88. The summed E-state index contributed by atoms with van der Waals surface area (Å²) >= 11 is 5.83. The second kappa shape index (κ2) is 8.47. The summed E-state index contributed by atoms with van der Waals surface area (Å²) < 4.78 is 29.3. The third kappa shape index (κ3) is 4.64. The molecule has 8 nitrogen and oxygen atoms in total. The molecule has 30 heavy (non-hydrogen) atoms. The fourth-order valence-electron chi connectivity index (χ4n) is 2.77. The van der Waals surface area contributed by atoms with Gasteiger partial charge in [0.2, 0.25) is 0 Å². The minimum Gasteiger partial charge on any atom is -0.340 e. The van der Waals surface area contributed by atoms with E-state index in [0.717, 1.165) is 5.69 Å². The van der Waals surface area contributed by atoms with Crippen LogP contribution in [0.2, 0.25) is 5.02 Å². The molecule has 2 aromatic carbocycles. The van der Waals surface area contributed by atoms with Crippen molar-refractivity contribution in [1.82, 2.24) is 19.6 Å². The highest BCUT2D eigenvalue weighted by Crippen LogP contribution is 2.22. The molecule has 2 heterocycles. The van der Waals surface area contributed by atoms with Crippen molar-refractivity contribution in [3.05, 3.63) is 71.1 Å². The standard InChI is InChI=1S/C19H17ClN6O2S.ClH/c1-12-11-18(26-19(21-12)22-13(2)24-26)23-15-7-9-17(10-8-15)29(27,28)25-16-5-3-14(20)4-6-16;/h3-11,23,25H,1-2H3;1H. The maximum atomic E-state index is 12.6. The van der Waals surface area contributed by atoms with E-state index in [4.69, 9.17) is 11.6 Å². The van der Waals surface area contributed by atoms with E-state index in [9.17, 15) is 8.42 Å². The van der Waals surface area contributed by atoms with E-state index in [0.29, 0.717) is 33.8 Å². The molecule has 0 atom stereocenters. The van der Waals surface area contributed by atoms with Crippen molar-refractivity contribution in [1.29, 1.82) is 0 Å². The second-order valence-corrected chi connectivity index (χ2v) is 8.53. The molecular weight excluding hydrogens is 447 g/mol. The van der Waals surface area contributed by atoms with Gasteiger partial charge in [-0.2, -0.15) is 9.50 Å². The lowest BCUT2D eigenvalue weighted by atomic mass is 10.3. The first-order valence-electron chi connectivity index (χ1n) is 8.67. The van der Waals surface area contributed by atoms with Gasteiger partial charge in [-0.1, -0.05) is 11.6 Å². The van der Waals surface area contributed by atoms with Gasteiger partial charge >= 0.3 is 0 Å². The second-order valence-electron chi connectivity index (χ2n) is 6.42. The Balaban J connectivity index is 0.00000256. The Labute approximate surface area is 184 Å². The molecular formula is C19H18Cl2N6O2S. The lowest BCUT2D eigenvalue weighted by Gasteiger charge is -2.11. The zero-order valence-electron chi connectivity index (χ0n) is 16.0. The highest BCUT2D eigenvalue weighted by molar-refractivity contribution is 7.92. The van der Waals surface area contributed by atoms with Crippen molar-refractivity contribution in [2.24, 2.45) is 0 Å². The third-order valence-electron chi connectivity index (χ3n) is 4.08. The number of sulfonamides is 1. The minimum atomic E-state index is -3.71. The molecule has 4 aromatic rings. The average molecular weight is 465 g/mol. The zero-order valence-corrected chi connectivity index (χ0v) is 18.4. The van der Waals surface area contributed by atoms with Crippen LogP contribution in [0.4, 0.5) is 17.2 Å². The molecule has 0 saturated carbocycles. The number of aromatic nitrogens is 4. The van der Waals surface area contributed by atoms with Crippen molar-refractivity contribution >= 4 is 57.0 Å². The highest BCUT2D eigenvalue weighted by atomic mass is 35.5. The largest absolute Gasteiger partial charge is 0.340 e. The first-order valence-corrected chi connectivity index (χ1v) is 10.5. The van der Waals surface area contributed by atoms with Crippen LogP contribution >= 0.6 is 24.0 Å². The van der Waals surface area contributed by atoms with Crippen LogP contribution in [0.3, 0.4) is 0 Å². The summed E-state index contributed by atoms with van der Waals surface area (Å²) in [5.74, 6) is 1.79. The van der Waals surface area contributed by atoms with Crippen LogP contribution < -0.4 is 10.0 Å². The lowest BCUT2D eigenvalue weighted by Crippen LogP contribution is -2.12. The summed E-state index contributed by atoms with van der Waals surface area (Å²) in [6, 6.07) is 14.7. The monoisotopic (exact) mass is 464 g/mol. The summed E-state index contributed by atoms with van der Waals surface area (Å²) in [5, 5.41) is 8.09. The van der Waals surface area contributed by atoms with E-state index < -0.39 is 10.0 Å². The van der Waals surface area contributed by atoms with Gasteiger partial charge in [0.25, 0.3) is 15.8 Å². The van der Waals surface area contributed by atoms with Gasteiger partial charge in [0.15, 0.2) is 0 Å². The van der Waals surface area contributed by atoms with Crippen molar-refractivity contribution in [3.63, 3.8) is 0 Å². The number of rotatable bonds is 5. The summed E-state index contributed by atoms with van der Waals surface area (Å²) in [4.78, 5) is 8.76. The topological polar surface area (TPSA) is 101 Å². The number of benzene rings is 2. The summed E-state index contributed by atoms with van der Waals surface area (Å²) in [6.07, 6.45) is 0. The SMILES string of the molecule is Cc1cc(Nc2ccc(S(=O)(=O)Nc3ccc(Cl)cc3)cc2)n2nc(C)nc2n1.Cl. The van der Waals surface area contributed by atoms with Crippen LogP contribution in [0, 0.1) is 13.8 Å². The smallest absolute Gasteiger partial charge is 0.261 e. The molecule has 2 aromatic heterocycles. The molecule has 0 fully saturated rings. The molecule has 0 spiro atoms. The molecule has 2 N–H and O–H groups in total. The Morgan fingerprint density at radius 2 is 1.57 bits per heavy atom. The van der Waals surface area contributed by atoms with Gasteiger partial charge in [0.05, 0.1) is 4.90 Å². The van der Waals surface area contributed by atoms with E-state index in [1.54, 1.807) is 47.8 Å². The summed E-state index contributed by atoms with van der Waals surface area (Å²) in [6.45, 7) is 3.66. The first kappa shape index (κ1) is 21.8. The number of nitrogens with one attached hydrogen (secondary N) is 2. The maximum absolute atomic E-state index is 12.6. The van der Waals surface area contributed by atoms with Crippen LogP contribution in [0.25, 0.3) is 5.78 Å². The number of anilines is 3. The Morgan fingerprint density at radius 3 is 2.23 bits per heavy atom. The highest BCUT2D eigenvalue weighted by Gasteiger charge is 2.14. The molecule has 0 saturated heterocycles. The van der Waals surface area contributed by atoms with Crippen LogP contribution in [-0.4, -0.2) is 28.0 Å². The molecule has 0 amide bonds.